The van der Waals surface area contributed by atoms with Gasteiger partial charge in [0.25, 0.3) is 0 Å². The molecule has 1 heterocycles. The van der Waals surface area contributed by atoms with Gasteiger partial charge < -0.3 is 9.47 Å². The lowest BCUT2D eigenvalue weighted by Gasteiger charge is -2.17. The van der Waals surface area contributed by atoms with Gasteiger partial charge in [-0.15, -0.1) is 0 Å². The molecule has 3 atom stereocenters. The van der Waals surface area contributed by atoms with Crippen LogP contribution in [0, 0.1) is 5.92 Å². The van der Waals surface area contributed by atoms with Gasteiger partial charge in [0.1, 0.15) is 6.04 Å². The Morgan fingerprint density at radius 1 is 1.11 bits per heavy atom. The fraction of sp³-hybridized carbons (Fsp3) is 0.429. The summed E-state index contributed by atoms with van der Waals surface area (Å²) >= 11 is 0. The average Bonchev–Trinajstić information content (AvgIpc) is 2.91. The van der Waals surface area contributed by atoms with E-state index < -0.39 is 6.04 Å². The molecule has 1 fully saturated rings. The van der Waals surface area contributed by atoms with Crippen molar-refractivity contribution in [2.24, 2.45) is 5.92 Å². The molecule has 0 amide bonds. The lowest BCUT2D eigenvalue weighted by atomic mass is 9.93. The normalized spacial score (nSPS) is 25.9. The molecule has 0 aliphatic carbocycles. The maximum Gasteiger partial charge on any atom is 0.322 e. The molecule has 19 heavy (non-hydrogen) atoms. The molecule has 102 valence electrons. The van der Waals surface area contributed by atoms with E-state index in [1.807, 2.05) is 30.3 Å². The van der Waals surface area contributed by atoms with Crippen molar-refractivity contribution in [3.05, 3.63) is 35.9 Å². The van der Waals surface area contributed by atoms with Gasteiger partial charge in [-0.05, 0) is 12.0 Å². The molecule has 0 radical (unpaired) electrons. The van der Waals surface area contributed by atoms with Crippen LogP contribution in [0.5, 0.6) is 0 Å². The summed E-state index contributed by atoms with van der Waals surface area (Å²) in [6, 6.07) is 8.86. The topological polar surface area (TPSA) is 64.6 Å². The zero-order chi connectivity index (χ0) is 13.8. The number of benzene rings is 1. The second kappa shape index (κ2) is 5.84. The van der Waals surface area contributed by atoms with Crippen LogP contribution in [0.15, 0.2) is 30.3 Å². The van der Waals surface area contributed by atoms with E-state index in [4.69, 9.17) is 9.47 Å². The monoisotopic (exact) mass is 263 g/mol. The minimum atomic E-state index is -0.473. The Balaban J connectivity index is 2.24. The zero-order valence-electron chi connectivity index (χ0n) is 11.0. The molecule has 1 aliphatic heterocycles. The van der Waals surface area contributed by atoms with Crippen LogP contribution in [0.1, 0.15) is 18.0 Å². The van der Waals surface area contributed by atoms with Crippen molar-refractivity contribution in [2.45, 2.75) is 18.5 Å². The van der Waals surface area contributed by atoms with Crippen LogP contribution in [-0.4, -0.2) is 32.2 Å². The maximum atomic E-state index is 11.8. The molecular formula is C14H17NO4. The maximum absolute atomic E-state index is 11.8. The van der Waals surface area contributed by atoms with Crippen molar-refractivity contribution >= 4 is 11.9 Å². The van der Waals surface area contributed by atoms with Gasteiger partial charge in [-0.3, -0.25) is 14.9 Å². The van der Waals surface area contributed by atoms with E-state index in [-0.39, 0.29) is 23.9 Å². The Kier molecular flexibility index (Phi) is 4.16. The van der Waals surface area contributed by atoms with Gasteiger partial charge in [-0.25, -0.2) is 0 Å². The number of esters is 2. The highest BCUT2D eigenvalue weighted by atomic mass is 16.5. The molecule has 1 N–H and O–H groups in total. The predicted molar refractivity (Wildman–Crippen MR) is 68.2 cm³/mol. The minimum Gasteiger partial charge on any atom is -0.469 e. The van der Waals surface area contributed by atoms with Gasteiger partial charge in [0, 0.05) is 6.04 Å². The van der Waals surface area contributed by atoms with Crippen LogP contribution in [0.3, 0.4) is 0 Å². The van der Waals surface area contributed by atoms with Gasteiger partial charge in [0.2, 0.25) is 0 Å². The molecule has 0 bridgehead atoms. The highest BCUT2D eigenvalue weighted by Gasteiger charge is 2.42. The fourth-order valence-corrected chi connectivity index (χ4v) is 2.47. The molecule has 0 aromatic heterocycles. The molecule has 1 aromatic carbocycles. The molecular weight excluding hydrogens is 246 g/mol. The fourth-order valence-electron chi connectivity index (χ4n) is 2.47. The van der Waals surface area contributed by atoms with E-state index in [2.05, 4.69) is 5.32 Å². The first-order valence-electron chi connectivity index (χ1n) is 6.14. The van der Waals surface area contributed by atoms with E-state index in [0.29, 0.717) is 6.42 Å². The van der Waals surface area contributed by atoms with Crippen molar-refractivity contribution in [1.82, 2.24) is 5.32 Å². The lowest BCUT2D eigenvalue weighted by molar-refractivity contribution is -0.146. The van der Waals surface area contributed by atoms with Crippen LogP contribution < -0.4 is 5.32 Å². The van der Waals surface area contributed by atoms with Crippen molar-refractivity contribution in [3.8, 4) is 0 Å². The first-order valence-corrected chi connectivity index (χ1v) is 6.14. The minimum absolute atomic E-state index is 0.224. The Morgan fingerprint density at radius 2 is 1.74 bits per heavy atom. The molecule has 0 saturated carbocycles. The van der Waals surface area contributed by atoms with Gasteiger partial charge >= 0.3 is 11.9 Å². The largest absolute Gasteiger partial charge is 0.469 e. The van der Waals surface area contributed by atoms with Crippen molar-refractivity contribution in [3.63, 3.8) is 0 Å². The number of hydrogen-bond donors (Lipinski definition) is 1. The molecule has 2 rings (SSSR count). The Bertz CT molecular complexity index is 460. The van der Waals surface area contributed by atoms with Crippen LogP contribution in [0.4, 0.5) is 0 Å². The van der Waals surface area contributed by atoms with Crippen LogP contribution >= 0.6 is 0 Å². The number of nitrogens with one attached hydrogen (secondary N) is 1. The summed E-state index contributed by atoms with van der Waals surface area (Å²) in [5.41, 5.74) is 0.962. The highest BCUT2D eigenvalue weighted by molar-refractivity contribution is 5.80. The van der Waals surface area contributed by atoms with E-state index in [9.17, 15) is 9.59 Å². The van der Waals surface area contributed by atoms with E-state index in [0.717, 1.165) is 5.56 Å². The Morgan fingerprint density at radius 3 is 2.32 bits per heavy atom. The molecule has 1 unspecified atom stereocenters. The van der Waals surface area contributed by atoms with Crippen LogP contribution in [0.25, 0.3) is 0 Å². The number of methoxy groups -OCH3 is 2. The molecule has 5 nitrogen and oxygen atoms in total. The highest BCUT2D eigenvalue weighted by Crippen LogP contribution is 2.33. The predicted octanol–water partition coefficient (Wildman–Crippen LogP) is 1.05. The third-order valence-electron chi connectivity index (χ3n) is 3.42. The average molecular weight is 263 g/mol. The molecule has 5 heteroatoms. The van der Waals surface area contributed by atoms with Gasteiger partial charge in [0.05, 0.1) is 20.1 Å². The molecule has 1 saturated heterocycles. The molecule has 1 aliphatic rings. The quantitative estimate of drug-likeness (QED) is 0.826. The zero-order valence-corrected chi connectivity index (χ0v) is 11.0. The summed E-state index contributed by atoms with van der Waals surface area (Å²) in [7, 11) is 2.70. The number of carbonyl (C=O) groups is 2. The third kappa shape index (κ3) is 2.76. The van der Waals surface area contributed by atoms with Crippen molar-refractivity contribution < 1.29 is 19.1 Å². The number of ether oxygens (including phenoxy) is 2. The molecule has 1 aromatic rings. The van der Waals surface area contributed by atoms with E-state index >= 15 is 0 Å². The number of carbonyl (C=O) groups excluding carboxylic acids is 2. The van der Waals surface area contributed by atoms with Gasteiger partial charge in [0.15, 0.2) is 0 Å². The third-order valence-corrected chi connectivity index (χ3v) is 3.42. The van der Waals surface area contributed by atoms with Gasteiger partial charge in [-0.2, -0.15) is 0 Å². The summed E-state index contributed by atoms with van der Waals surface area (Å²) < 4.78 is 9.54. The van der Waals surface area contributed by atoms with Gasteiger partial charge in [-0.1, -0.05) is 30.3 Å². The Hall–Kier alpha value is -1.88. The van der Waals surface area contributed by atoms with Crippen LogP contribution in [-0.2, 0) is 19.1 Å². The van der Waals surface area contributed by atoms with Crippen molar-refractivity contribution in [1.29, 1.82) is 0 Å². The standard InChI is InChI=1S/C14H17NO4/c1-18-13(16)10-8-11(14(17)19-2)15-12(10)9-6-4-3-5-7-9/h3-7,10-12,15H,8H2,1-2H3/t10?,11-,12-/m1/s1. The van der Waals surface area contributed by atoms with E-state index in [1.165, 1.54) is 14.2 Å². The van der Waals surface area contributed by atoms with Crippen molar-refractivity contribution in [2.75, 3.05) is 14.2 Å². The number of hydrogen-bond acceptors (Lipinski definition) is 5. The Labute approximate surface area is 111 Å². The smallest absolute Gasteiger partial charge is 0.322 e. The van der Waals surface area contributed by atoms with E-state index in [1.54, 1.807) is 0 Å². The summed E-state index contributed by atoms with van der Waals surface area (Å²) in [6.07, 6.45) is 0.388. The second-order valence-electron chi connectivity index (χ2n) is 4.50. The summed E-state index contributed by atoms with van der Waals surface area (Å²) in [5.74, 6) is -1.04. The molecule has 0 spiro atoms. The first kappa shape index (κ1) is 13.5. The summed E-state index contributed by atoms with van der Waals surface area (Å²) in [5, 5.41) is 3.15. The second-order valence-corrected chi connectivity index (χ2v) is 4.50. The summed E-state index contributed by atoms with van der Waals surface area (Å²) in [6.45, 7) is 0. The lowest BCUT2D eigenvalue weighted by Crippen LogP contribution is -2.33. The SMILES string of the molecule is COC(=O)C1C[C@H](C(=O)OC)N[C@@H]1c1ccccc1. The summed E-state index contributed by atoms with van der Waals surface area (Å²) in [4.78, 5) is 23.5. The first-order chi connectivity index (χ1) is 9.17. The van der Waals surface area contributed by atoms with Crippen LogP contribution in [0.2, 0.25) is 0 Å². The number of rotatable bonds is 3.